The summed E-state index contributed by atoms with van der Waals surface area (Å²) in [6.45, 7) is 22.2. The predicted molar refractivity (Wildman–Crippen MR) is 185 cm³/mol. The molecule has 0 unspecified atom stereocenters. The maximum atomic E-state index is 5.19. The molecule has 0 saturated carbocycles. The molecule has 3 aromatic rings. The van der Waals surface area contributed by atoms with Gasteiger partial charge in [0.25, 0.3) is 0 Å². The molecule has 0 aliphatic carbocycles. The summed E-state index contributed by atoms with van der Waals surface area (Å²) < 4.78 is 0. The molecule has 0 radical (unpaired) electrons. The Kier molecular flexibility index (Phi) is 14.2. The van der Waals surface area contributed by atoms with Crippen LogP contribution in [0.25, 0.3) is 0 Å². The fourth-order valence-corrected chi connectivity index (χ4v) is 5.35. The number of rotatable bonds is 8. The minimum absolute atomic E-state index is 0.435. The molecule has 38 heavy (non-hydrogen) atoms. The van der Waals surface area contributed by atoms with E-state index in [1.54, 1.807) is 11.3 Å². The van der Waals surface area contributed by atoms with Gasteiger partial charge in [-0.1, -0.05) is 91.8 Å². The molecule has 0 N–H and O–H groups in total. The van der Waals surface area contributed by atoms with Gasteiger partial charge < -0.3 is 0 Å². The summed E-state index contributed by atoms with van der Waals surface area (Å²) in [4.78, 5) is 12.8. The van der Waals surface area contributed by atoms with E-state index in [9.17, 15) is 0 Å². The van der Waals surface area contributed by atoms with Crippen molar-refractivity contribution in [3.8, 4) is 0 Å². The van der Waals surface area contributed by atoms with Crippen molar-refractivity contribution >= 4 is 74.8 Å². The Morgan fingerprint density at radius 1 is 0.579 bits per heavy atom. The summed E-state index contributed by atoms with van der Waals surface area (Å²) in [5, 5.41) is 0. The molecule has 0 aliphatic rings. The molecule has 0 bridgehead atoms. The van der Waals surface area contributed by atoms with E-state index in [1.807, 2.05) is 0 Å². The molecule has 0 fully saturated rings. The van der Waals surface area contributed by atoms with Crippen LogP contribution in [0.2, 0.25) is 0 Å². The van der Waals surface area contributed by atoms with Gasteiger partial charge in [-0.3, -0.25) is 9.98 Å². The Morgan fingerprint density at radius 2 is 0.842 bits per heavy atom. The third-order valence-corrected chi connectivity index (χ3v) is 7.87. The zero-order chi connectivity index (χ0) is 28.6. The summed E-state index contributed by atoms with van der Waals surface area (Å²) in [5.41, 5.74) is 9.68. The van der Waals surface area contributed by atoms with Gasteiger partial charge in [-0.25, -0.2) is 0 Å². The average Bonchev–Trinajstić information content (AvgIpc) is 3.35. The molecule has 0 aliphatic heterocycles. The monoisotopic (exact) mass is 796 g/mol. The van der Waals surface area contributed by atoms with E-state index in [1.165, 1.54) is 40.5 Å². The van der Waals surface area contributed by atoms with E-state index >= 15 is 0 Å². The summed E-state index contributed by atoms with van der Waals surface area (Å²) in [6, 6.07) is 17.6. The standard InChI is InChI=1S/C32H42N2S.Fe.2HI/c1-19(2)25-13-11-14-26(20(3)4)31(25)33-23(9)29-17-18-30(35-29)24(10)34-32-27(21(5)6)15-12-16-28(32)22(7)8;;;/h11-22H,1-10H3;;2*1H/q;+2;;/p-2. The van der Waals surface area contributed by atoms with E-state index < -0.39 is 0 Å². The molecule has 0 spiro atoms. The molecule has 0 saturated heterocycles. The summed E-state index contributed by atoms with van der Waals surface area (Å²) in [7, 11) is 1.19. The summed E-state index contributed by atoms with van der Waals surface area (Å²) in [6.07, 6.45) is 0. The van der Waals surface area contributed by atoms with Crippen LogP contribution in [0.4, 0.5) is 11.4 Å². The first-order chi connectivity index (χ1) is 17.9. The van der Waals surface area contributed by atoms with E-state index in [0.29, 0.717) is 23.7 Å². The minimum atomic E-state index is 0.435. The van der Waals surface area contributed by atoms with Crippen molar-refractivity contribution in [2.45, 2.75) is 92.9 Å². The molecule has 1 aromatic heterocycles. The molecule has 6 heteroatoms. The second-order valence-electron chi connectivity index (χ2n) is 10.8. The molecule has 0 atom stereocenters. The van der Waals surface area contributed by atoms with Crippen molar-refractivity contribution in [2.24, 2.45) is 9.98 Å². The van der Waals surface area contributed by atoms with Crippen molar-refractivity contribution in [3.63, 3.8) is 0 Å². The van der Waals surface area contributed by atoms with Crippen molar-refractivity contribution in [1.29, 1.82) is 0 Å². The third kappa shape index (κ3) is 8.98. The maximum absolute atomic E-state index is 5.19. The third-order valence-electron chi connectivity index (χ3n) is 6.56. The first kappa shape index (κ1) is 33.7. The molecule has 3 rings (SSSR count). The van der Waals surface area contributed by atoms with Gasteiger partial charge in [-0.05, 0) is 71.9 Å². The average molecular weight is 796 g/mol. The fraction of sp³-hybridized carbons (Fsp3) is 0.438. The molecule has 0 amide bonds. The van der Waals surface area contributed by atoms with E-state index in [2.05, 4.69) is 158 Å². The van der Waals surface area contributed by atoms with Crippen molar-refractivity contribution < 1.29 is 8.46 Å². The molecule has 1 heterocycles. The van der Waals surface area contributed by atoms with Crippen LogP contribution in [0.1, 0.15) is 125 Å². The molecule has 2 aromatic carbocycles. The second kappa shape index (κ2) is 16.0. The van der Waals surface area contributed by atoms with Gasteiger partial charge in [-0.15, -0.1) is 11.3 Å². The van der Waals surface area contributed by atoms with Gasteiger partial charge >= 0.3 is 49.1 Å². The zero-order valence-electron chi connectivity index (χ0n) is 24.3. The van der Waals surface area contributed by atoms with E-state index in [4.69, 9.17) is 9.98 Å². The number of halogens is 2. The Labute approximate surface area is 264 Å². The van der Waals surface area contributed by atoms with Gasteiger partial charge in [0.15, 0.2) is 0 Å². The Morgan fingerprint density at radius 3 is 1.08 bits per heavy atom. The van der Waals surface area contributed by atoms with Crippen LogP contribution in [-0.2, 0) is 8.46 Å². The van der Waals surface area contributed by atoms with Crippen LogP contribution in [0.3, 0.4) is 0 Å². The van der Waals surface area contributed by atoms with Crippen LogP contribution < -0.4 is 0 Å². The fourth-order valence-electron chi connectivity index (χ4n) is 4.45. The summed E-state index contributed by atoms with van der Waals surface area (Å²) >= 11 is 6.33. The van der Waals surface area contributed by atoms with Gasteiger partial charge in [0, 0.05) is 9.75 Å². The Hall–Kier alpha value is -0.541. The van der Waals surface area contributed by atoms with E-state index in [0.717, 1.165) is 22.8 Å². The molecule has 2 nitrogen and oxygen atoms in total. The number of aliphatic imine (C=N–C) groups is 2. The number of hydrogen-bond acceptors (Lipinski definition) is 3. The Bertz CT molecular complexity index is 1110. The van der Waals surface area contributed by atoms with Crippen LogP contribution in [-0.4, -0.2) is 11.4 Å². The number of thiophene rings is 1. The van der Waals surface area contributed by atoms with Crippen molar-refractivity contribution in [1.82, 2.24) is 0 Å². The zero-order valence-corrected chi connectivity index (χ0v) is 30.6. The SMILES string of the molecule is CC(=Nc1c(C(C)C)cccc1C(C)C)c1ccc(C(C)=Nc2c(C(C)C)cccc2C(C)C)s1.[I][Fe][I]. The number of hydrogen-bond donors (Lipinski definition) is 0. The first-order valence-corrected chi connectivity index (χ1v) is 21.2. The number of nitrogens with zero attached hydrogens (tertiary/aromatic N) is 2. The summed E-state index contributed by atoms with van der Waals surface area (Å²) in [5.74, 6) is 1.74. The first-order valence-electron chi connectivity index (χ1n) is 13.2. The van der Waals surface area contributed by atoms with Gasteiger partial charge in [-0.2, -0.15) is 0 Å². The Balaban J connectivity index is 0.00000161. The van der Waals surface area contributed by atoms with Gasteiger partial charge in [0.05, 0.1) is 22.8 Å². The topological polar surface area (TPSA) is 24.7 Å². The van der Waals surface area contributed by atoms with Crippen LogP contribution in [0.15, 0.2) is 58.5 Å². The molecular formula is C32H42FeI2N2S. The second-order valence-corrected chi connectivity index (χ2v) is 21.2. The number of benzene rings is 2. The van der Waals surface area contributed by atoms with Gasteiger partial charge in [0.1, 0.15) is 0 Å². The van der Waals surface area contributed by atoms with Gasteiger partial charge in [0.2, 0.25) is 0 Å². The van der Waals surface area contributed by atoms with Crippen molar-refractivity contribution in [2.75, 3.05) is 0 Å². The van der Waals surface area contributed by atoms with E-state index in [-0.39, 0.29) is 0 Å². The van der Waals surface area contributed by atoms with Crippen LogP contribution >= 0.6 is 52.0 Å². The predicted octanol–water partition coefficient (Wildman–Crippen LogP) is 12.3. The molecular weight excluding hydrogens is 754 g/mol. The quantitative estimate of drug-likeness (QED) is 0.123. The number of para-hydroxylation sites is 2. The van der Waals surface area contributed by atoms with Crippen LogP contribution in [0, 0.1) is 0 Å². The molecule has 208 valence electrons. The normalized spacial score (nSPS) is 12.6. The van der Waals surface area contributed by atoms with Crippen LogP contribution in [0.5, 0.6) is 0 Å². The van der Waals surface area contributed by atoms with Crippen molar-refractivity contribution in [3.05, 3.63) is 80.5 Å².